The minimum Gasteiger partial charge on any atom is -0.410 e. The van der Waals surface area contributed by atoms with Gasteiger partial charge < -0.3 is 30.2 Å². The van der Waals surface area contributed by atoms with Crippen LogP contribution in [0.15, 0.2) is 58.8 Å². The van der Waals surface area contributed by atoms with Gasteiger partial charge in [0.05, 0.1) is 19.5 Å². The molecule has 0 aliphatic carbocycles. The number of imidazole rings is 1. The van der Waals surface area contributed by atoms with E-state index in [0.29, 0.717) is 21.5 Å². The van der Waals surface area contributed by atoms with Gasteiger partial charge in [-0.3, -0.25) is 37.0 Å². The van der Waals surface area contributed by atoms with Crippen LogP contribution < -0.4 is 27.0 Å². The molecule has 7 rings (SSSR count). The second kappa shape index (κ2) is 15.2. The summed E-state index contributed by atoms with van der Waals surface area (Å²) in [6.07, 6.45) is -12.4. The molecule has 21 nitrogen and oxygen atoms in total. The number of aromatic amines is 1. The number of alkyl halides is 2. The average molecular weight is 819 g/mol. The fraction of sp³-hybridized carbons (Fsp3) is 0.429. The van der Waals surface area contributed by atoms with Gasteiger partial charge in [0.25, 0.3) is 5.56 Å². The number of nitrogens with two attached hydrogens (primary N) is 1. The van der Waals surface area contributed by atoms with Crippen molar-refractivity contribution in [2.45, 2.75) is 55.0 Å². The van der Waals surface area contributed by atoms with Gasteiger partial charge in [-0.2, -0.15) is 0 Å². The molecular weight excluding hydrogens is 788 g/mol. The zero-order valence-corrected chi connectivity index (χ0v) is 30.2. The van der Waals surface area contributed by atoms with E-state index in [1.807, 2.05) is 4.98 Å². The zero-order chi connectivity index (χ0) is 38.4. The number of phosphoric acid groups is 1. The molecule has 54 heavy (non-hydrogen) atoms. The van der Waals surface area contributed by atoms with Crippen LogP contribution in [0.4, 0.5) is 19.4 Å². The minimum absolute atomic E-state index is 0.0122. The van der Waals surface area contributed by atoms with Crippen molar-refractivity contribution in [3.05, 3.63) is 75.6 Å². The van der Waals surface area contributed by atoms with Gasteiger partial charge in [-0.25, -0.2) is 42.5 Å². The Bertz CT molecular complexity index is 2250. The third kappa shape index (κ3) is 7.85. The number of H-pyrrole nitrogens is 1. The lowest BCUT2D eigenvalue weighted by Gasteiger charge is -2.29. The van der Waals surface area contributed by atoms with Crippen LogP contribution in [0.2, 0.25) is 0 Å². The van der Waals surface area contributed by atoms with Crippen LogP contribution in [0.1, 0.15) is 18.0 Å². The van der Waals surface area contributed by atoms with Crippen molar-refractivity contribution in [2.24, 2.45) is 0 Å². The molecule has 10 atom stereocenters. The van der Waals surface area contributed by atoms with E-state index in [1.54, 1.807) is 12.1 Å². The molecule has 3 aliphatic rings. The summed E-state index contributed by atoms with van der Waals surface area (Å²) in [5.41, 5.74) is 4.72. The summed E-state index contributed by atoms with van der Waals surface area (Å²) in [6, 6.07) is 6.96. The van der Waals surface area contributed by atoms with Gasteiger partial charge in [-0.15, -0.1) is 0 Å². The molecule has 290 valence electrons. The first kappa shape index (κ1) is 38.2. The zero-order valence-electron chi connectivity index (χ0n) is 27.6. The normalized spacial score (nSPS) is 33.0. The number of phosphoric ester groups is 1. The number of fused-ring (bicyclic) bond motifs is 3. The van der Waals surface area contributed by atoms with E-state index >= 15 is 8.78 Å². The summed E-state index contributed by atoms with van der Waals surface area (Å²) in [4.78, 5) is 60.5. The quantitative estimate of drug-likeness (QED) is 0.203. The van der Waals surface area contributed by atoms with Gasteiger partial charge >= 0.3 is 26.4 Å². The molecule has 0 radical (unpaired) electrons. The Hall–Kier alpha value is -4.09. The number of nitrogen functional groups attached to an aromatic ring is 1. The van der Waals surface area contributed by atoms with Crippen LogP contribution in [-0.4, -0.2) is 97.1 Å². The van der Waals surface area contributed by atoms with E-state index in [1.165, 1.54) is 19.2 Å². The van der Waals surface area contributed by atoms with Gasteiger partial charge in [-0.1, -0.05) is 12.1 Å². The summed E-state index contributed by atoms with van der Waals surface area (Å²) in [5, 5.41) is 2.31. The number of nitrogens with zero attached hydrogens (tertiary/aromatic N) is 5. The highest BCUT2D eigenvalue weighted by molar-refractivity contribution is 8.54. The molecule has 3 saturated heterocycles. The Morgan fingerprint density at radius 3 is 2.37 bits per heavy atom. The summed E-state index contributed by atoms with van der Waals surface area (Å²) < 4.78 is 101. The van der Waals surface area contributed by atoms with E-state index in [9.17, 15) is 28.4 Å². The van der Waals surface area contributed by atoms with Gasteiger partial charge in [0.1, 0.15) is 42.0 Å². The van der Waals surface area contributed by atoms with Crippen molar-refractivity contribution in [3.63, 3.8) is 0 Å². The molecule has 0 saturated carbocycles. The molecule has 6 heterocycles. The maximum absolute atomic E-state index is 16.3. The number of amides is 1. The van der Waals surface area contributed by atoms with E-state index in [2.05, 4.69) is 20.3 Å². The lowest BCUT2D eigenvalue weighted by Crippen LogP contribution is -2.38. The van der Waals surface area contributed by atoms with Gasteiger partial charge in [0, 0.05) is 25.1 Å². The Kier molecular flexibility index (Phi) is 10.8. The average Bonchev–Trinajstić information content (AvgIpc) is 3.79. The number of halogens is 2. The first-order valence-electron chi connectivity index (χ1n) is 15.8. The van der Waals surface area contributed by atoms with Crippen LogP contribution in [0.25, 0.3) is 11.2 Å². The van der Waals surface area contributed by atoms with Crippen molar-refractivity contribution in [3.8, 4) is 5.75 Å². The summed E-state index contributed by atoms with van der Waals surface area (Å²) in [6.45, 7) is -6.34. The standard InChI is InChI=1S/C28H30F2N8O13P2S/c1-32-28(41)47-14-4-2-13(3-5-14)10-54-53(44)46-9-16-21(18(29)26(49-16)38-12-35-20-23(31)33-11-34-24(20)38)50-52(42,43)45-8-15-22(51-53)19(30)25(48-15)37-7-6-17(39)36-27(37)40/h2-7,11-12,15-16,18-19,21-22,25-26H,8-10H2,1H3,(H,32,41)(H,42,43)(H2,31,33,34)(H,36,39,40)/t15-,16-,18-,19-,21-,22-,25-,26-,53?/m1/s1. The molecule has 3 aromatic heterocycles. The molecule has 3 fully saturated rings. The molecule has 0 bridgehead atoms. The van der Waals surface area contributed by atoms with Crippen molar-refractivity contribution in [2.75, 3.05) is 26.0 Å². The second-order valence-corrected chi connectivity index (χ2v) is 17.3. The van der Waals surface area contributed by atoms with Gasteiger partial charge in [0.15, 0.2) is 36.3 Å². The SMILES string of the molecule is CNC(=O)Oc1ccc(CSP2(=O)OC[C@H]3O[C@@H](n4cnc5c(N)ncnc54)[C@H](F)[C@@H]3OP(=O)(O)OC[C@H]3O[C@@H](n4ccc(=O)[nH]c4=O)[C@H](F)[C@@H]3O2)cc1. The number of carbonyl (C=O) groups excluding carboxylic acids is 1. The molecule has 2 unspecified atom stereocenters. The summed E-state index contributed by atoms with van der Waals surface area (Å²) >= 11 is 0.589. The van der Waals surface area contributed by atoms with Crippen LogP contribution >= 0.6 is 26.0 Å². The number of anilines is 1. The number of ether oxygens (including phenoxy) is 3. The molecule has 3 aliphatic heterocycles. The van der Waals surface area contributed by atoms with Crippen molar-refractivity contribution in [1.82, 2.24) is 34.4 Å². The number of benzene rings is 1. The minimum atomic E-state index is -5.21. The Morgan fingerprint density at radius 1 is 1.02 bits per heavy atom. The highest BCUT2D eigenvalue weighted by atomic mass is 32.7. The third-order valence-electron chi connectivity index (χ3n) is 8.35. The van der Waals surface area contributed by atoms with Crippen molar-refractivity contribution >= 4 is 49.1 Å². The molecule has 0 spiro atoms. The first-order chi connectivity index (χ1) is 25.7. The van der Waals surface area contributed by atoms with Crippen LogP contribution in [0, 0.1) is 0 Å². The van der Waals surface area contributed by atoms with Gasteiger partial charge in [0.2, 0.25) is 0 Å². The number of rotatable bonds is 6. The van der Waals surface area contributed by atoms with E-state index < -0.39 is 94.4 Å². The van der Waals surface area contributed by atoms with Crippen molar-refractivity contribution in [1.29, 1.82) is 0 Å². The van der Waals surface area contributed by atoms with E-state index in [-0.39, 0.29) is 28.5 Å². The highest BCUT2D eigenvalue weighted by Crippen LogP contribution is 2.65. The Balaban J connectivity index is 1.20. The predicted molar refractivity (Wildman–Crippen MR) is 181 cm³/mol. The number of hydrogen-bond donors (Lipinski definition) is 4. The smallest absolute Gasteiger partial charge is 0.410 e. The highest BCUT2D eigenvalue weighted by Gasteiger charge is 2.55. The molecule has 26 heteroatoms. The Morgan fingerprint density at radius 2 is 1.69 bits per heavy atom. The van der Waals surface area contributed by atoms with E-state index in [4.69, 9.17) is 38.0 Å². The van der Waals surface area contributed by atoms with Crippen LogP contribution in [0.3, 0.4) is 0 Å². The largest absolute Gasteiger partial charge is 0.472 e. The summed E-state index contributed by atoms with van der Waals surface area (Å²) in [7, 11) is -3.83. The number of aromatic nitrogens is 6. The third-order valence-corrected chi connectivity index (χ3v) is 13.0. The monoisotopic (exact) mass is 818 g/mol. The van der Waals surface area contributed by atoms with Gasteiger partial charge in [-0.05, 0) is 29.1 Å². The lowest BCUT2D eigenvalue weighted by molar-refractivity contribution is -0.0619. The number of hydrogen-bond acceptors (Lipinski definition) is 17. The molecule has 5 N–H and O–H groups in total. The topological polar surface area (TPSA) is 273 Å². The predicted octanol–water partition coefficient (Wildman–Crippen LogP) is 2.11. The molecule has 4 aromatic rings. The molecule has 1 aromatic carbocycles. The molecular formula is C28H30F2N8O13P2S. The number of nitrogens with one attached hydrogen (secondary N) is 2. The number of carbonyl (C=O) groups is 1. The Labute approximate surface area is 305 Å². The fourth-order valence-corrected chi connectivity index (χ4v) is 10.1. The first-order valence-corrected chi connectivity index (χ1v) is 20.4. The maximum atomic E-state index is 16.3. The second-order valence-electron chi connectivity index (χ2n) is 11.8. The molecule has 1 amide bonds. The lowest BCUT2D eigenvalue weighted by atomic mass is 10.1. The van der Waals surface area contributed by atoms with Crippen LogP contribution in [-0.2, 0) is 42.5 Å². The fourth-order valence-electron chi connectivity index (χ4n) is 5.77. The van der Waals surface area contributed by atoms with Crippen LogP contribution in [0.5, 0.6) is 5.75 Å². The van der Waals surface area contributed by atoms with E-state index in [0.717, 1.165) is 29.5 Å². The van der Waals surface area contributed by atoms with Crippen molar-refractivity contribution < 1.29 is 59.9 Å². The maximum Gasteiger partial charge on any atom is 0.472 e. The summed E-state index contributed by atoms with van der Waals surface area (Å²) in [5.74, 6) is 0.0883.